The average Bonchev–Trinajstić information content (AvgIpc) is 3.24. The molecule has 1 aromatic carbocycles. The van der Waals surface area contributed by atoms with Crippen LogP contribution in [-0.4, -0.2) is 61.2 Å². The molecule has 2 N–H and O–H groups in total. The van der Waals surface area contributed by atoms with Crippen molar-refractivity contribution in [2.45, 2.75) is 82.1 Å². The van der Waals surface area contributed by atoms with Crippen LogP contribution in [0.2, 0.25) is 0 Å². The van der Waals surface area contributed by atoms with E-state index in [1.165, 1.54) is 12.1 Å². The summed E-state index contributed by atoms with van der Waals surface area (Å²) in [6.45, 7) is 7.11. The summed E-state index contributed by atoms with van der Waals surface area (Å²) in [5.41, 5.74) is 2.33. The van der Waals surface area contributed by atoms with Crippen LogP contribution in [0.4, 0.5) is 14.6 Å². The highest BCUT2D eigenvalue weighted by molar-refractivity contribution is 7.99. The second-order valence-corrected chi connectivity index (χ2v) is 13.1. The highest BCUT2D eigenvalue weighted by Crippen LogP contribution is 2.57. The molecule has 0 unspecified atom stereocenters. The topological polar surface area (TPSA) is 98.0 Å². The lowest BCUT2D eigenvalue weighted by Crippen LogP contribution is -2.22. The number of anilines is 1. The lowest BCUT2D eigenvalue weighted by molar-refractivity contribution is 0.00196. The maximum Gasteiger partial charge on any atom is 0.191 e. The lowest BCUT2D eigenvalue weighted by atomic mass is 9.87. The van der Waals surface area contributed by atoms with Crippen LogP contribution in [0, 0.1) is 28.9 Å². The molecule has 210 valence electrons. The predicted octanol–water partition coefficient (Wildman–Crippen LogP) is 5.34. The first-order valence-electron chi connectivity index (χ1n) is 14.0. The fraction of sp³-hybridized carbons (Fsp3) is 0.643. The Bertz CT molecular complexity index is 1350. The van der Waals surface area contributed by atoms with Gasteiger partial charge in [-0.25, -0.2) is 23.4 Å². The van der Waals surface area contributed by atoms with Crippen LogP contribution in [0.5, 0.6) is 0 Å². The summed E-state index contributed by atoms with van der Waals surface area (Å²) in [6.07, 6.45) is 4.85. The number of aromatic nitrogens is 5. The molecule has 2 heterocycles. The zero-order chi connectivity index (χ0) is 27.3. The number of nitrogens with zero attached hydrogens (tertiary/aromatic N) is 5. The molecule has 6 rings (SSSR count). The molecule has 0 spiro atoms. The fourth-order valence-corrected chi connectivity index (χ4v) is 7.48. The Labute approximate surface area is 231 Å². The highest BCUT2D eigenvalue weighted by atomic mass is 32.2. The van der Waals surface area contributed by atoms with Crippen molar-refractivity contribution in [3.63, 3.8) is 0 Å². The molecule has 3 aromatic rings. The molecule has 3 aliphatic carbocycles. The third-order valence-corrected chi connectivity index (χ3v) is 9.59. The lowest BCUT2D eigenvalue weighted by Gasteiger charge is -2.23. The minimum atomic E-state index is -0.834. The first-order valence-corrected chi connectivity index (χ1v) is 15.0. The van der Waals surface area contributed by atoms with Crippen LogP contribution in [0.15, 0.2) is 23.4 Å². The summed E-state index contributed by atoms with van der Waals surface area (Å²) in [5.74, 6) is 0.754. The van der Waals surface area contributed by atoms with Gasteiger partial charge in [0.2, 0.25) is 0 Å². The van der Waals surface area contributed by atoms with Gasteiger partial charge in [-0.2, -0.15) is 0 Å². The van der Waals surface area contributed by atoms with E-state index in [-0.39, 0.29) is 36.1 Å². The summed E-state index contributed by atoms with van der Waals surface area (Å²) >= 11 is 1.61. The van der Waals surface area contributed by atoms with Crippen molar-refractivity contribution in [3.05, 3.63) is 35.4 Å². The SMILES string of the molecule is CCCSc1nc(N[C@@H]2C[C@H]2c2ccc(F)c(F)c2)c2nnn([C@@H]3C[C@H](OCCO)[C@H]4CC(C)(C)C[C@H]43)c2n1. The van der Waals surface area contributed by atoms with Gasteiger partial charge in [-0.05, 0) is 67.1 Å². The second-order valence-electron chi connectivity index (χ2n) is 12.0. The Morgan fingerprint density at radius 1 is 1.15 bits per heavy atom. The van der Waals surface area contributed by atoms with Gasteiger partial charge in [0.1, 0.15) is 0 Å². The third kappa shape index (κ3) is 5.25. The number of nitrogens with one attached hydrogen (secondary N) is 1. The number of thioether (sulfide) groups is 1. The number of aliphatic hydroxyl groups is 1. The molecule has 0 bridgehead atoms. The zero-order valence-electron chi connectivity index (χ0n) is 22.6. The Morgan fingerprint density at radius 3 is 2.74 bits per heavy atom. The number of halogens is 2. The van der Waals surface area contributed by atoms with E-state index < -0.39 is 11.6 Å². The monoisotopic (exact) mass is 558 g/mol. The number of ether oxygens (including phenoxy) is 1. The summed E-state index contributed by atoms with van der Waals surface area (Å²) in [4.78, 5) is 9.72. The van der Waals surface area contributed by atoms with Crippen molar-refractivity contribution in [2.75, 3.05) is 24.3 Å². The quantitative estimate of drug-likeness (QED) is 0.254. The van der Waals surface area contributed by atoms with Gasteiger partial charge in [0.25, 0.3) is 0 Å². The van der Waals surface area contributed by atoms with E-state index in [0.717, 1.165) is 43.4 Å². The first kappa shape index (κ1) is 26.8. The number of hydrogen-bond donors (Lipinski definition) is 2. The average molecular weight is 559 g/mol. The van der Waals surface area contributed by atoms with E-state index in [4.69, 9.17) is 14.7 Å². The number of fused-ring (bicyclic) bond motifs is 2. The Balaban J connectivity index is 1.31. The van der Waals surface area contributed by atoms with Crippen molar-refractivity contribution >= 4 is 28.7 Å². The van der Waals surface area contributed by atoms with Crippen molar-refractivity contribution in [1.29, 1.82) is 0 Å². The van der Waals surface area contributed by atoms with E-state index in [9.17, 15) is 13.9 Å². The van der Waals surface area contributed by atoms with Gasteiger partial charge in [0.15, 0.2) is 33.8 Å². The van der Waals surface area contributed by atoms with Crippen LogP contribution in [0.1, 0.15) is 70.4 Å². The Hall–Kier alpha value is -2.37. The zero-order valence-corrected chi connectivity index (χ0v) is 23.4. The molecule has 8 nitrogen and oxygen atoms in total. The first-order chi connectivity index (χ1) is 18.8. The predicted molar refractivity (Wildman–Crippen MR) is 146 cm³/mol. The van der Waals surface area contributed by atoms with Crippen LogP contribution in [0.3, 0.4) is 0 Å². The van der Waals surface area contributed by atoms with Crippen LogP contribution < -0.4 is 5.32 Å². The van der Waals surface area contributed by atoms with E-state index in [2.05, 4.69) is 36.4 Å². The van der Waals surface area contributed by atoms with Gasteiger partial charge in [-0.3, -0.25) is 0 Å². The summed E-state index contributed by atoms with van der Waals surface area (Å²) in [6, 6.07) is 4.27. The Kier molecular flexibility index (Phi) is 7.26. The number of hydrogen-bond acceptors (Lipinski definition) is 8. The van der Waals surface area contributed by atoms with E-state index in [0.29, 0.717) is 40.6 Å². The minimum Gasteiger partial charge on any atom is -0.394 e. The molecular weight excluding hydrogens is 522 g/mol. The fourth-order valence-electron chi connectivity index (χ4n) is 6.79. The molecule has 2 aromatic heterocycles. The molecule has 39 heavy (non-hydrogen) atoms. The molecule has 0 amide bonds. The van der Waals surface area contributed by atoms with E-state index >= 15 is 0 Å². The molecule has 11 heteroatoms. The highest BCUT2D eigenvalue weighted by Gasteiger charge is 2.53. The number of aliphatic hydroxyl groups excluding tert-OH is 1. The normalized spacial score (nSPS) is 29.2. The third-order valence-electron chi connectivity index (χ3n) is 8.53. The maximum atomic E-state index is 13.8. The molecular formula is C28H36F2N6O2S. The van der Waals surface area contributed by atoms with Crippen molar-refractivity contribution < 1.29 is 18.6 Å². The second kappa shape index (κ2) is 10.6. The van der Waals surface area contributed by atoms with Gasteiger partial charge in [0.05, 0.1) is 25.4 Å². The van der Waals surface area contributed by atoms with E-state index in [1.807, 2.05) is 4.68 Å². The van der Waals surface area contributed by atoms with Crippen LogP contribution in [-0.2, 0) is 4.74 Å². The molecule has 0 radical (unpaired) electrons. The van der Waals surface area contributed by atoms with Gasteiger partial charge in [-0.15, -0.1) is 5.10 Å². The molecule has 0 aliphatic heterocycles. The molecule has 3 saturated carbocycles. The van der Waals surface area contributed by atoms with Gasteiger partial charge in [0, 0.05) is 17.7 Å². The van der Waals surface area contributed by atoms with Gasteiger partial charge in [-0.1, -0.05) is 43.8 Å². The molecule has 3 fully saturated rings. The maximum absolute atomic E-state index is 13.8. The smallest absolute Gasteiger partial charge is 0.191 e. The van der Waals surface area contributed by atoms with Crippen molar-refractivity contribution in [2.24, 2.45) is 17.3 Å². The van der Waals surface area contributed by atoms with Gasteiger partial charge >= 0.3 is 0 Å². The van der Waals surface area contributed by atoms with Gasteiger partial charge < -0.3 is 15.2 Å². The minimum absolute atomic E-state index is 0.0151. The summed E-state index contributed by atoms with van der Waals surface area (Å²) < 4.78 is 35.4. The Morgan fingerprint density at radius 2 is 1.97 bits per heavy atom. The largest absolute Gasteiger partial charge is 0.394 e. The number of benzene rings is 1. The number of rotatable bonds is 10. The molecule has 3 aliphatic rings. The molecule has 0 saturated heterocycles. The van der Waals surface area contributed by atoms with E-state index in [1.54, 1.807) is 17.8 Å². The van der Waals surface area contributed by atoms with Crippen molar-refractivity contribution in [3.8, 4) is 0 Å². The standard InChI is InChI=1S/C28H36F2N6O2S/c1-4-9-39-27-32-25(31-21-11-16(21)15-5-6-19(29)20(30)10-15)24-26(33-27)36(35-34-24)22-12-23(38-8-7-37)18-14-28(2,3)13-17(18)22/h5-6,10,16-18,21-23,37H,4,7-9,11-14H2,1-3H3,(H,31,32,33)/t16-,17+,18-,21+,22+,23-/m0/s1. The van der Waals surface area contributed by atoms with Crippen LogP contribution in [0.25, 0.3) is 11.2 Å². The molecule has 6 atom stereocenters. The van der Waals surface area contributed by atoms with Crippen molar-refractivity contribution in [1.82, 2.24) is 25.0 Å². The summed E-state index contributed by atoms with van der Waals surface area (Å²) in [7, 11) is 0. The van der Waals surface area contributed by atoms with Crippen LogP contribution >= 0.6 is 11.8 Å². The summed E-state index contributed by atoms with van der Waals surface area (Å²) in [5, 5.41) is 22.7.